The van der Waals surface area contributed by atoms with E-state index in [1.807, 2.05) is 153 Å². The van der Waals surface area contributed by atoms with Crippen LogP contribution in [0, 0.1) is 64.0 Å². The van der Waals surface area contributed by atoms with E-state index < -0.39 is 0 Å². The Morgan fingerprint density at radius 1 is 0.630 bits per heavy atom. The van der Waals surface area contributed by atoms with Gasteiger partial charge in [-0.05, 0) is 91.4 Å². The number of aromatic nitrogens is 15. The number of hydrogen-bond acceptors (Lipinski definition) is 16. The van der Waals surface area contributed by atoms with E-state index in [0.717, 1.165) is 56.8 Å². The predicted octanol–water partition coefficient (Wildman–Crippen LogP) is 14.4. The third kappa shape index (κ3) is 20.7. The molecule has 5 aromatic carbocycles. The van der Waals surface area contributed by atoms with Gasteiger partial charge in [-0.25, -0.2) is 16.0 Å². The summed E-state index contributed by atoms with van der Waals surface area (Å²) in [5.74, 6) is 3.28. The summed E-state index contributed by atoms with van der Waals surface area (Å²) < 4.78 is 13.2. The number of rotatable bonds is 9. The van der Waals surface area contributed by atoms with Crippen molar-refractivity contribution in [3.8, 4) is 68.1 Å². The van der Waals surface area contributed by atoms with Crippen molar-refractivity contribution in [2.75, 3.05) is 9.80 Å². The molecule has 100 heavy (non-hydrogen) atoms. The minimum atomic E-state index is 0. The second-order valence-electron chi connectivity index (χ2n) is 21.8. The molecule has 1 aliphatic heterocycles. The summed E-state index contributed by atoms with van der Waals surface area (Å²) in [6.45, 7) is 13.0. The van der Waals surface area contributed by atoms with Crippen molar-refractivity contribution < 1.29 is 125 Å². The minimum Gasteiger partial charge on any atom is -0.509 e. The van der Waals surface area contributed by atoms with Gasteiger partial charge < -0.3 is 34.6 Å². The summed E-state index contributed by atoms with van der Waals surface area (Å²) in [6, 6.07) is 54.1. The number of hydrogen-bond donors (Lipinski definition) is 0. The number of pyridine rings is 1. The van der Waals surface area contributed by atoms with Gasteiger partial charge in [0.05, 0.1) is 23.2 Å². The summed E-state index contributed by atoms with van der Waals surface area (Å²) in [6.07, 6.45) is 29.4. The molecule has 0 saturated carbocycles. The Morgan fingerprint density at radius 2 is 1.38 bits per heavy atom. The number of aryl methyl sites for hydroxylation is 6. The van der Waals surface area contributed by atoms with E-state index in [1.54, 1.807) is 77.7 Å². The number of thiophene rings is 1. The Labute approximate surface area is 670 Å². The SMILES string of the molecule is Cc1cc(C)c(-n2ccnc2-c2[c-]cccc2)c(C)c1.Cn1ccc(-c2[c-]cc3c(c2)C(C)(C)c2ccccc2-3)n1.Cn1ccnc1-c1[c-]ccnc1.Cn1cnnc1-c1[c-]nsc1.O=C=Nc1ccc(N2C=CN(c3[c-]csc3)[CH-]2)cc1.[Ir].[Ir].[Ir].[Ir].[Ir].[Ir].[c-]1cncnc1-n1cccn1. The predicted molar refractivity (Wildman–Crippen MR) is 367 cm³/mol. The summed E-state index contributed by atoms with van der Waals surface area (Å²) in [5.41, 5.74) is 17.9. The fourth-order valence-electron chi connectivity index (χ4n) is 10.5. The van der Waals surface area contributed by atoms with Gasteiger partial charge in [0.25, 0.3) is 0 Å². The molecule has 0 spiro atoms. The molecule has 9 aromatic heterocycles. The number of imidazole rings is 2. The largest absolute Gasteiger partial charge is 0.509 e. The third-order valence-electron chi connectivity index (χ3n) is 14.9. The fraction of sp³-hybridized carbons (Fsp3) is 0.123. The molecular weight excluding hydrogens is 2360 g/mol. The average Bonchev–Trinajstić information content (AvgIpc) is 1.58. The summed E-state index contributed by atoms with van der Waals surface area (Å²) >= 11 is 2.97. The molecule has 6 radical (unpaired) electrons. The van der Waals surface area contributed by atoms with Gasteiger partial charge in [-0.3, -0.25) is 45.0 Å². The first-order valence-corrected chi connectivity index (χ1v) is 31.2. The number of carbonyl (C=O) groups excluding carboxylic acids is 1. The average molecular weight is 2420 g/mol. The molecule has 0 fully saturated rings. The molecular formula is C73H61Ir6N18OS2-7. The van der Waals surface area contributed by atoms with Crippen LogP contribution in [0.15, 0.2) is 223 Å². The molecule has 0 amide bonds. The number of benzene rings is 5. The topological polar surface area (TPSA) is 189 Å². The first-order chi connectivity index (χ1) is 45.8. The zero-order chi connectivity index (χ0) is 65.4. The Hall–Kier alpha value is -7.74. The maximum Gasteiger partial charge on any atom is 0.240 e. The van der Waals surface area contributed by atoms with Crippen LogP contribution in [0.3, 0.4) is 0 Å². The smallest absolute Gasteiger partial charge is 0.240 e. The fourth-order valence-corrected chi connectivity index (χ4v) is 11.6. The van der Waals surface area contributed by atoms with Crippen LogP contribution in [0.5, 0.6) is 0 Å². The van der Waals surface area contributed by atoms with Crippen LogP contribution < -0.4 is 9.80 Å². The van der Waals surface area contributed by atoms with Crippen LogP contribution in [0.1, 0.15) is 41.7 Å². The van der Waals surface area contributed by atoms with E-state index in [2.05, 4.69) is 179 Å². The molecule has 14 aromatic rings. The Morgan fingerprint density at radius 3 is 2.00 bits per heavy atom. The van der Waals surface area contributed by atoms with Crippen molar-refractivity contribution in [3.05, 3.63) is 289 Å². The molecule has 0 bridgehead atoms. The van der Waals surface area contributed by atoms with Crippen molar-refractivity contribution in [1.29, 1.82) is 0 Å². The molecule has 19 nitrogen and oxygen atoms in total. The normalized spacial score (nSPS) is 11.3. The summed E-state index contributed by atoms with van der Waals surface area (Å²) in [4.78, 5) is 38.1. The molecule has 0 atom stereocenters. The van der Waals surface area contributed by atoms with Gasteiger partial charge in [-0.1, -0.05) is 103 Å². The van der Waals surface area contributed by atoms with E-state index in [4.69, 9.17) is 0 Å². The van der Waals surface area contributed by atoms with E-state index in [0.29, 0.717) is 11.5 Å². The van der Waals surface area contributed by atoms with Crippen LogP contribution in [0.4, 0.5) is 17.1 Å². The molecule has 16 rings (SSSR count). The van der Waals surface area contributed by atoms with Gasteiger partial charge in [0, 0.05) is 202 Å². The molecule has 0 N–H and O–H groups in total. The molecule has 10 heterocycles. The molecule has 1 aliphatic carbocycles. The van der Waals surface area contributed by atoms with Crippen LogP contribution in [-0.2, 0) is 152 Å². The Bertz CT molecular complexity index is 4770. The second kappa shape index (κ2) is 40.0. The maximum absolute atomic E-state index is 10.2. The number of anilines is 2. The van der Waals surface area contributed by atoms with Gasteiger partial charge in [0.1, 0.15) is 12.7 Å². The van der Waals surface area contributed by atoms with Crippen molar-refractivity contribution in [3.63, 3.8) is 0 Å². The van der Waals surface area contributed by atoms with Gasteiger partial charge in [0.15, 0.2) is 0 Å². The monoisotopic (exact) mass is 2430 g/mol. The van der Waals surface area contributed by atoms with E-state index in [9.17, 15) is 4.79 Å². The number of fused-ring (bicyclic) bond motifs is 3. The van der Waals surface area contributed by atoms with Crippen molar-refractivity contribution in [2.45, 2.75) is 40.0 Å². The first kappa shape index (κ1) is 82.9. The van der Waals surface area contributed by atoms with Crippen LogP contribution in [0.25, 0.3) is 68.1 Å². The molecule has 27 heteroatoms. The van der Waals surface area contributed by atoms with Crippen molar-refractivity contribution in [1.82, 2.24) is 72.8 Å². The van der Waals surface area contributed by atoms with Gasteiger partial charge in [-0.2, -0.15) is 26.0 Å². The number of isocyanates is 1. The van der Waals surface area contributed by atoms with Crippen molar-refractivity contribution in [2.24, 2.45) is 26.1 Å². The number of nitrogens with zero attached hydrogens (tertiary/aromatic N) is 18. The molecule has 2 aliphatic rings. The first-order valence-electron chi connectivity index (χ1n) is 29.4. The van der Waals surface area contributed by atoms with Crippen LogP contribution >= 0.6 is 22.9 Å². The van der Waals surface area contributed by atoms with E-state index in [-0.39, 0.29) is 126 Å². The van der Waals surface area contributed by atoms with E-state index in [1.165, 1.54) is 68.6 Å². The standard InChI is InChI=1S/C19H17N2.C18H17N2.C14H9N3OS.C9H8N3.C7H5N4.C6H5N4S.6Ir/c1-19(2)16-7-5-4-6-14(16)15-9-8-13(12-17(15)19)18-10-11-21(3)20-18;1-13-11-14(2)17(15(3)12-13)20-10-9-19-18(20)16-7-5-4-6-8-16;18-10-15-12-1-3-13(4-2-12)16-6-7-17(11-16)14-5-8-19-9-14;1-12-6-5-11-9(12)8-3-2-4-10-7-8;1-3-10-11(5-1)7-2-4-8-6-9-7;1-10-4-7-9-6(10)5-2-8-11-3-5;;;;;;/h4-7,9-12H,1-3H3;4-7,9-12H,1-3H3;1-4,6-9,11H;2,4-7H,1H3;1,3-6H;3-4H,1H3;;;;;;/q2*-1;-2;3*-1;;;;;;. The molecule has 0 saturated heterocycles. The third-order valence-corrected chi connectivity index (χ3v) is 16.1. The quantitative estimate of drug-likeness (QED) is 0.0754. The molecule has 522 valence electrons. The van der Waals surface area contributed by atoms with Gasteiger partial charge in [-0.15, -0.1) is 118 Å². The minimum absolute atomic E-state index is 0. The van der Waals surface area contributed by atoms with Crippen LogP contribution in [-0.4, -0.2) is 78.8 Å². The van der Waals surface area contributed by atoms with Crippen molar-refractivity contribution >= 4 is 46.0 Å². The van der Waals surface area contributed by atoms with Gasteiger partial charge in [0.2, 0.25) is 6.08 Å². The van der Waals surface area contributed by atoms with Crippen LogP contribution in [0.2, 0.25) is 0 Å². The Kier molecular flexibility index (Phi) is 33.2. The summed E-state index contributed by atoms with van der Waals surface area (Å²) in [7, 11) is 5.78. The maximum atomic E-state index is 10.2. The van der Waals surface area contributed by atoms with Gasteiger partial charge >= 0.3 is 0 Å². The second-order valence-corrected chi connectivity index (χ2v) is 23.1. The zero-order valence-electron chi connectivity index (χ0n) is 54.6. The zero-order valence-corrected chi connectivity index (χ0v) is 70.6. The molecule has 0 unspecified atom stereocenters. The van der Waals surface area contributed by atoms with E-state index >= 15 is 0 Å². The Balaban J connectivity index is 0.000000218. The number of aliphatic imine (C=N–C) groups is 1. The summed E-state index contributed by atoms with van der Waals surface area (Å²) in [5, 5.41) is 22.0.